The van der Waals surface area contributed by atoms with Crippen LogP contribution in [0.2, 0.25) is 0 Å². The molecule has 6 heteroatoms. The molecule has 34 heavy (non-hydrogen) atoms. The lowest BCUT2D eigenvalue weighted by Crippen LogP contribution is -2.52. The zero-order chi connectivity index (χ0) is 24.5. The molecule has 184 valence electrons. The van der Waals surface area contributed by atoms with Crippen molar-refractivity contribution in [1.29, 1.82) is 0 Å². The smallest absolute Gasteiger partial charge is 0.251 e. The van der Waals surface area contributed by atoms with Gasteiger partial charge in [-0.15, -0.1) is 0 Å². The van der Waals surface area contributed by atoms with Gasteiger partial charge in [0.15, 0.2) is 0 Å². The van der Waals surface area contributed by atoms with Gasteiger partial charge in [0.05, 0.1) is 23.6 Å². The van der Waals surface area contributed by atoms with Crippen LogP contribution in [0.1, 0.15) is 52.4 Å². The Morgan fingerprint density at radius 2 is 2.00 bits per heavy atom. The summed E-state index contributed by atoms with van der Waals surface area (Å²) in [7, 11) is 3.75. The summed E-state index contributed by atoms with van der Waals surface area (Å²) in [6, 6.07) is 3.64. The highest BCUT2D eigenvalue weighted by Gasteiger charge is 2.59. The first-order valence-electron chi connectivity index (χ1n) is 12.6. The maximum atomic E-state index is 13.2. The van der Waals surface area contributed by atoms with E-state index in [-0.39, 0.29) is 23.8 Å². The Labute approximate surface area is 203 Å². The summed E-state index contributed by atoms with van der Waals surface area (Å²) in [5, 5.41) is 28.0. The molecule has 4 aliphatic carbocycles. The monoisotopic (exact) mass is 465 g/mol. The second-order valence-corrected chi connectivity index (χ2v) is 10.6. The first kappa shape index (κ1) is 24.8. The van der Waals surface area contributed by atoms with Crippen LogP contribution in [0, 0.1) is 23.2 Å². The van der Waals surface area contributed by atoms with Gasteiger partial charge in [0.2, 0.25) is 0 Å². The largest absolute Gasteiger partial charge is 0.393 e. The van der Waals surface area contributed by atoms with Crippen molar-refractivity contribution in [3.8, 4) is 0 Å². The van der Waals surface area contributed by atoms with E-state index in [4.69, 9.17) is 0 Å². The van der Waals surface area contributed by atoms with Gasteiger partial charge in [-0.25, -0.2) is 0 Å². The van der Waals surface area contributed by atoms with E-state index < -0.39 is 11.0 Å². The fraction of sp³-hybridized carbons (Fsp3) is 0.571. The summed E-state index contributed by atoms with van der Waals surface area (Å²) in [6.45, 7) is 4.30. The van der Waals surface area contributed by atoms with Crippen LogP contribution in [0.15, 0.2) is 59.5 Å². The molecule has 0 saturated heterocycles. The first-order valence-corrected chi connectivity index (χ1v) is 12.6. The summed E-state index contributed by atoms with van der Waals surface area (Å²) in [4.78, 5) is 17.3. The number of aliphatic hydroxyl groups excluding tert-OH is 1. The minimum atomic E-state index is -0.941. The first-order chi connectivity index (χ1) is 16.2. The number of allylic oxidation sites excluding steroid dienone is 2. The van der Waals surface area contributed by atoms with Crippen molar-refractivity contribution in [2.75, 3.05) is 19.4 Å². The van der Waals surface area contributed by atoms with Gasteiger partial charge >= 0.3 is 0 Å². The minimum absolute atomic E-state index is 0.0356. The predicted octanol–water partition coefficient (Wildman–Crippen LogP) is 4.00. The van der Waals surface area contributed by atoms with E-state index in [1.807, 2.05) is 26.2 Å². The minimum Gasteiger partial charge on any atom is -0.393 e. The van der Waals surface area contributed by atoms with Crippen LogP contribution in [0.25, 0.3) is 0 Å². The van der Waals surface area contributed by atoms with Crippen molar-refractivity contribution in [1.82, 2.24) is 10.3 Å². The van der Waals surface area contributed by atoms with Crippen molar-refractivity contribution >= 4 is 11.6 Å². The van der Waals surface area contributed by atoms with E-state index in [2.05, 4.69) is 41.6 Å². The highest BCUT2D eigenvalue weighted by atomic mass is 16.3. The highest BCUT2D eigenvalue weighted by molar-refractivity contribution is 6.05. The summed E-state index contributed by atoms with van der Waals surface area (Å²) < 4.78 is 0. The summed E-state index contributed by atoms with van der Waals surface area (Å²) in [5.41, 5.74) is 2.36. The molecule has 6 nitrogen and oxygen atoms in total. The van der Waals surface area contributed by atoms with Crippen molar-refractivity contribution < 1.29 is 15.0 Å². The zero-order valence-electron chi connectivity index (χ0n) is 20.8. The van der Waals surface area contributed by atoms with Crippen molar-refractivity contribution in [2.45, 2.75) is 64.1 Å². The molecule has 1 aromatic heterocycles. The summed E-state index contributed by atoms with van der Waals surface area (Å²) >= 11 is 0. The van der Waals surface area contributed by atoms with Crippen LogP contribution < -0.4 is 10.6 Å². The van der Waals surface area contributed by atoms with Gasteiger partial charge in [0.25, 0.3) is 5.91 Å². The lowest BCUT2D eigenvalue weighted by atomic mass is 9.55. The Morgan fingerprint density at radius 1 is 1.24 bits per heavy atom. The Bertz CT molecular complexity index is 1000. The van der Waals surface area contributed by atoms with Gasteiger partial charge in [-0.2, -0.15) is 0 Å². The standard InChI is InChI=1S/C26H32N2O3.C2H7N/c1-16-12-19-13-18-14-21(29)6-5-17(18)9-10-26(19,31)23-8-7-22(25(16,23)2)24(30)28-20-4-3-11-27-15-20;1-3-2/h3-4,7,11-13,15-17,21,23,29,31H,5-6,8-10,14H2,1-2H3,(H,28,30);3H,1-2H3/t16?,17?,21?,23?,25?,26-;/m1./s1. The molecule has 6 atom stereocenters. The Morgan fingerprint density at radius 3 is 2.71 bits per heavy atom. The molecule has 4 aliphatic rings. The number of pyridine rings is 1. The van der Waals surface area contributed by atoms with Crippen molar-refractivity contribution in [2.24, 2.45) is 23.2 Å². The fourth-order valence-corrected chi connectivity index (χ4v) is 6.61. The van der Waals surface area contributed by atoms with Gasteiger partial charge in [-0.3, -0.25) is 9.78 Å². The van der Waals surface area contributed by atoms with E-state index in [0.717, 1.165) is 30.4 Å². The van der Waals surface area contributed by atoms with Crippen LogP contribution >= 0.6 is 0 Å². The number of carbonyl (C=O) groups excluding carboxylic acids is 1. The van der Waals surface area contributed by atoms with E-state index in [1.54, 1.807) is 18.5 Å². The number of aromatic nitrogens is 1. The average molecular weight is 466 g/mol. The van der Waals surface area contributed by atoms with Crippen LogP contribution in [-0.4, -0.2) is 46.9 Å². The van der Waals surface area contributed by atoms with Gasteiger partial charge in [-0.05, 0) is 82.2 Å². The average Bonchev–Trinajstić information content (AvgIpc) is 3.11. The Balaban J connectivity index is 0.000000868. The summed E-state index contributed by atoms with van der Waals surface area (Å²) in [6.07, 6.45) is 14.4. The fourth-order valence-electron chi connectivity index (χ4n) is 6.61. The molecule has 1 fully saturated rings. The third-order valence-electron chi connectivity index (χ3n) is 8.54. The van der Waals surface area contributed by atoms with Crippen molar-refractivity contribution in [3.63, 3.8) is 0 Å². The number of nitrogens with one attached hydrogen (secondary N) is 2. The second-order valence-electron chi connectivity index (χ2n) is 10.6. The van der Waals surface area contributed by atoms with Crippen LogP contribution in [0.5, 0.6) is 0 Å². The van der Waals surface area contributed by atoms with E-state index in [1.165, 1.54) is 5.57 Å². The number of anilines is 1. The topological polar surface area (TPSA) is 94.5 Å². The lowest BCUT2D eigenvalue weighted by molar-refractivity contribution is -0.115. The molecule has 1 heterocycles. The molecule has 0 aromatic carbocycles. The van der Waals surface area contributed by atoms with E-state index in [9.17, 15) is 15.0 Å². The summed E-state index contributed by atoms with van der Waals surface area (Å²) in [5.74, 6) is 0.423. The third-order valence-corrected chi connectivity index (χ3v) is 8.54. The molecule has 4 N–H and O–H groups in total. The lowest BCUT2D eigenvalue weighted by Gasteiger charge is -2.51. The molecule has 5 unspecified atom stereocenters. The highest BCUT2D eigenvalue weighted by Crippen LogP contribution is 2.61. The van der Waals surface area contributed by atoms with Gasteiger partial charge in [-0.1, -0.05) is 37.6 Å². The maximum Gasteiger partial charge on any atom is 0.251 e. The van der Waals surface area contributed by atoms with Gasteiger partial charge in [0, 0.05) is 23.1 Å². The molecule has 1 aromatic rings. The molecule has 0 aliphatic heterocycles. The molecule has 1 saturated carbocycles. The number of hydrogen-bond donors (Lipinski definition) is 4. The maximum absolute atomic E-state index is 13.2. The number of hydrogen-bond acceptors (Lipinski definition) is 5. The Kier molecular flexibility index (Phi) is 7.13. The van der Waals surface area contributed by atoms with E-state index >= 15 is 0 Å². The third kappa shape index (κ3) is 4.28. The van der Waals surface area contributed by atoms with Crippen LogP contribution in [-0.2, 0) is 4.79 Å². The van der Waals surface area contributed by atoms with Crippen LogP contribution in [0.4, 0.5) is 5.69 Å². The zero-order valence-corrected chi connectivity index (χ0v) is 20.8. The molecular formula is C28H39N3O3. The number of nitrogens with zero attached hydrogens (tertiary/aromatic N) is 1. The molecule has 0 radical (unpaired) electrons. The number of amides is 1. The molecule has 1 amide bonds. The second kappa shape index (κ2) is 9.76. The Hall–Kier alpha value is -2.28. The van der Waals surface area contributed by atoms with Gasteiger partial charge in [0.1, 0.15) is 0 Å². The molecule has 0 spiro atoms. The predicted molar refractivity (Wildman–Crippen MR) is 135 cm³/mol. The number of carbonyl (C=O) groups is 1. The number of fused-ring (bicyclic) bond motifs is 4. The number of rotatable bonds is 2. The van der Waals surface area contributed by atoms with Crippen LogP contribution in [0.3, 0.4) is 0 Å². The SMILES string of the molecule is CC1C=C2C=C3CC(O)CCC3CC[C@]2(O)C2CC=C(C(=O)Nc3cccnc3)C12C.CNC. The number of aliphatic hydroxyl groups is 2. The quantitative estimate of drug-likeness (QED) is 0.530. The van der Waals surface area contributed by atoms with Gasteiger partial charge < -0.3 is 20.8 Å². The van der Waals surface area contributed by atoms with E-state index in [0.29, 0.717) is 30.9 Å². The normalized spacial score (nSPS) is 36.2. The molecular weight excluding hydrogens is 426 g/mol. The molecule has 5 rings (SSSR count). The van der Waals surface area contributed by atoms with Crippen molar-refractivity contribution in [3.05, 3.63) is 59.5 Å². The molecule has 0 bridgehead atoms.